The summed E-state index contributed by atoms with van der Waals surface area (Å²) in [5.41, 5.74) is -0.967. The number of likely N-dealkylation sites (N-methyl/N-ethyl adjacent to an activating group) is 2. The molecule has 1 unspecified atom stereocenters. The Morgan fingerprint density at radius 3 is 2.81 bits per heavy atom. The van der Waals surface area contributed by atoms with Crippen molar-refractivity contribution >= 4 is 0 Å². The maximum atomic E-state index is 10.7. The standard InChI is InChI=1S/C14H25N5O2/c1-18-8-3-9-19(2)11(10-18)12-16-13(21-17-12)14(20)4-6-15-7-5-14/h11,15,20H,3-10H2,1-2H3. The van der Waals surface area contributed by atoms with Crippen molar-refractivity contribution in [2.45, 2.75) is 30.9 Å². The minimum atomic E-state index is -0.967. The number of aliphatic hydroxyl groups is 1. The van der Waals surface area contributed by atoms with Crippen LogP contribution in [0.15, 0.2) is 4.52 Å². The third-order valence-electron chi connectivity index (χ3n) is 4.64. The second-order valence-corrected chi connectivity index (χ2v) is 6.35. The summed E-state index contributed by atoms with van der Waals surface area (Å²) in [6, 6.07) is 0.125. The van der Waals surface area contributed by atoms with Crippen LogP contribution in [0.3, 0.4) is 0 Å². The summed E-state index contributed by atoms with van der Waals surface area (Å²) in [6.07, 6.45) is 2.38. The molecule has 3 heterocycles. The highest BCUT2D eigenvalue weighted by atomic mass is 16.5. The molecule has 7 nitrogen and oxygen atoms in total. The fourth-order valence-electron chi connectivity index (χ4n) is 3.16. The van der Waals surface area contributed by atoms with Gasteiger partial charge in [0.1, 0.15) is 5.60 Å². The SMILES string of the molecule is CN1CCCN(C)C(c2noc(C3(O)CCNCC3)n2)C1. The van der Waals surface area contributed by atoms with Gasteiger partial charge in [-0.15, -0.1) is 0 Å². The third kappa shape index (κ3) is 3.11. The van der Waals surface area contributed by atoms with Crippen LogP contribution < -0.4 is 5.32 Å². The molecule has 0 radical (unpaired) electrons. The van der Waals surface area contributed by atoms with Crippen molar-refractivity contribution in [1.82, 2.24) is 25.3 Å². The molecule has 0 aromatic carbocycles. The number of nitrogens with zero attached hydrogens (tertiary/aromatic N) is 4. The molecule has 2 aliphatic heterocycles. The molecule has 0 saturated carbocycles. The Bertz CT molecular complexity index is 472. The van der Waals surface area contributed by atoms with Crippen LogP contribution in [0.25, 0.3) is 0 Å². The number of rotatable bonds is 2. The van der Waals surface area contributed by atoms with Gasteiger partial charge in [-0.05, 0) is 59.5 Å². The van der Waals surface area contributed by atoms with E-state index in [9.17, 15) is 5.11 Å². The minimum absolute atomic E-state index is 0.125. The van der Waals surface area contributed by atoms with Gasteiger partial charge in [0.25, 0.3) is 5.89 Å². The molecule has 3 rings (SSSR count). The van der Waals surface area contributed by atoms with Gasteiger partial charge in [0.2, 0.25) is 0 Å². The van der Waals surface area contributed by atoms with Crippen molar-refractivity contribution in [3.63, 3.8) is 0 Å². The van der Waals surface area contributed by atoms with Gasteiger partial charge in [-0.25, -0.2) is 0 Å². The molecular weight excluding hydrogens is 270 g/mol. The summed E-state index contributed by atoms with van der Waals surface area (Å²) in [4.78, 5) is 9.10. The van der Waals surface area contributed by atoms with Crippen molar-refractivity contribution in [2.24, 2.45) is 0 Å². The van der Waals surface area contributed by atoms with E-state index in [1.807, 2.05) is 0 Å². The summed E-state index contributed by atoms with van der Waals surface area (Å²) < 4.78 is 5.40. The van der Waals surface area contributed by atoms with E-state index >= 15 is 0 Å². The van der Waals surface area contributed by atoms with E-state index in [2.05, 4.69) is 39.4 Å². The fourth-order valence-corrected chi connectivity index (χ4v) is 3.16. The molecule has 0 spiro atoms. The van der Waals surface area contributed by atoms with E-state index in [0.717, 1.165) is 39.1 Å². The van der Waals surface area contributed by atoms with Crippen molar-refractivity contribution < 1.29 is 9.63 Å². The lowest BCUT2D eigenvalue weighted by atomic mass is 9.92. The maximum absolute atomic E-state index is 10.7. The average Bonchev–Trinajstić information content (AvgIpc) is 2.89. The molecule has 1 aromatic rings. The number of hydrogen-bond acceptors (Lipinski definition) is 7. The molecule has 0 amide bonds. The quantitative estimate of drug-likeness (QED) is 0.792. The topological polar surface area (TPSA) is 77.7 Å². The van der Waals surface area contributed by atoms with Crippen LogP contribution in [0.2, 0.25) is 0 Å². The largest absolute Gasteiger partial charge is 0.380 e. The normalized spacial score (nSPS) is 28.4. The van der Waals surface area contributed by atoms with Gasteiger partial charge in [-0.3, -0.25) is 4.90 Å². The molecule has 2 fully saturated rings. The van der Waals surface area contributed by atoms with Crippen LogP contribution in [0.5, 0.6) is 0 Å². The lowest BCUT2D eigenvalue weighted by molar-refractivity contribution is -0.0228. The van der Waals surface area contributed by atoms with E-state index in [-0.39, 0.29) is 6.04 Å². The number of aromatic nitrogens is 2. The summed E-state index contributed by atoms with van der Waals surface area (Å²) in [5.74, 6) is 1.06. The van der Waals surface area contributed by atoms with Crippen molar-refractivity contribution in [3.05, 3.63) is 11.7 Å². The molecule has 0 aliphatic carbocycles. The maximum Gasteiger partial charge on any atom is 0.258 e. The highest BCUT2D eigenvalue weighted by molar-refractivity contribution is 5.04. The van der Waals surface area contributed by atoms with Gasteiger partial charge >= 0.3 is 0 Å². The monoisotopic (exact) mass is 295 g/mol. The van der Waals surface area contributed by atoms with Gasteiger partial charge in [-0.2, -0.15) is 4.98 Å². The van der Waals surface area contributed by atoms with Gasteiger partial charge < -0.3 is 19.8 Å². The summed E-state index contributed by atoms with van der Waals surface area (Å²) in [6.45, 7) is 4.55. The predicted molar refractivity (Wildman–Crippen MR) is 77.8 cm³/mol. The van der Waals surface area contributed by atoms with Crippen LogP contribution >= 0.6 is 0 Å². The van der Waals surface area contributed by atoms with Gasteiger partial charge in [-0.1, -0.05) is 5.16 Å². The van der Waals surface area contributed by atoms with Crippen LogP contribution in [0.1, 0.15) is 37.0 Å². The molecule has 1 aromatic heterocycles. The first-order valence-corrected chi connectivity index (χ1v) is 7.74. The molecule has 2 saturated heterocycles. The zero-order chi connectivity index (χ0) is 14.9. The van der Waals surface area contributed by atoms with Crippen LogP contribution in [-0.4, -0.2) is 71.9 Å². The molecule has 7 heteroatoms. The van der Waals surface area contributed by atoms with Crippen molar-refractivity contribution in [1.29, 1.82) is 0 Å². The van der Waals surface area contributed by atoms with E-state index < -0.39 is 5.60 Å². The average molecular weight is 295 g/mol. The molecule has 2 N–H and O–H groups in total. The predicted octanol–water partition coefficient (Wildman–Crippen LogP) is -0.0510. The highest BCUT2D eigenvalue weighted by Gasteiger charge is 2.38. The van der Waals surface area contributed by atoms with Crippen molar-refractivity contribution in [3.8, 4) is 0 Å². The molecular formula is C14H25N5O2. The Kier molecular flexibility index (Phi) is 4.26. The minimum Gasteiger partial charge on any atom is -0.380 e. The Balaban J connectivity index is 1.80. The summed E-state index contributed by atoms with van der Waals surface area (Å²) >= 11 is 0. The van der Waals surface area contributed by atoms with E-state index in [4.69, 9.17) is 4.52 Å². The number of hydrogen-bond donors (Lipinski definition) is 2. The first kappa shape index (κ1) is 14.9. The third-order valence-corrected chi connectivity index (χ3v) is 4.64. The number of nitrogens with one attached hydrogen (secondary N) is 1. The Morgan fingerprint density at radius 2 is 2.05 bits per heavy atom. The van der Waals surface area contributed by atoms with E-state index in [0.29, 0.717) is 24.6 Å². The summed E-state index contributed by atoms with van der Waals surface area (Å²) in [5, 5.41) is 18.1. The van der Waals surface area contributed by atoms with Gasteiger partial charge in [0, 0.05) is 6.54 Å². The molecule has 118 valence electrons. The lowest BCUT2D eigenvalue weighted by Gasteiger charge is -2.28. The Labute approximate surface area is 125 Å². The van der Waals surface area contributed by atoms with Gasteiger partial charge in [0.15, 0.2) is 5.82 Å². The molecule has 0 bridgehead atoms. The van der Waals surface area contributed by atoms with E-state index in [1.165, 1.54) is 0 Å². The zero-order valence-corrected chi connectivity index (χ0v) is 12.9. The van der Waals surface area contributed by atoms with Crippen LogP contribution in [-0.2, 0) is 5.60 Å². The first-order valence-electron chi connectivity index (χ1n) is 7.74. The zero-order valence-electron chi connectivity index (χ0n) is 12.9. The van der Waals surface area contributed by atoms with Crippen molar-refractivity contribution in [2.75, 3.05) is 46.8 Å². The Hall–Kier alpha value is -1.02. The first-order chi connectivity index (χ1) is 10.1. The van der Waals surface area contributed by atoms with Gasteiger partial charge in [0.05, 0.1) is 6.04 Å². The smallest absolute Gasteiger partial charge is 0.258 e. The second-order valence-electron chi connectivity index (χ2n) is 6.35. The highest BCUT2D eigenvalue weighted by Crippen LogP contribution is 2.30. The lowest BCUT2D eigenvalue weighted by Crippen LogP contribution is -2.40. The fraction of sp³-hybridized carbons (Fsp3) is 0.857. The number of piperidine rings is 1. The molecule has 2 aliphatic rings. The summed E-state index contributed by atoms with van der Waals surface area (Å²) in [7, 11) is 4.21. The molecule has 1 atom stereocenters. The van der Waals surface area contributed by atoms with Crippen LogP contribution in [0.4, 0.5) is 0 Å². The second kappa shape index (κ2) is 6.00. The van der Waals surface area contributed by atoms with E-state index in [1.54, 1.807) is 0 Å². The molecule has 21 heavy (non-hydrogen) atoms. The Morgan fingerprint density at radius 1 is 1.29 bits per heavy atom. The van der Waals surface area contributed by atoms with Crippen LogP contribution in [0, 0.1) is 0 Å².